The summed E-state index contributed by atoms with van der Waals surface area (Å²) in [6.45, 7) is 29.0. The largest absolute Gasteiger partial charge is 0.311 e. The van der Waals surface area contributed by atoms with Crippen LogP contribution in [0.1, 0.15) is 66.2 Å². The molecular weight excluding hydrogens is 292 g/mol. The van der Waals surface area contributed by atoms with Gasteiger partial charge in [0.1, 0.15) is 0 Å². The summed E-state index contributed by atoms with van der Waals surface area (Å²) in [4.78, 5) is 8.22. The molecule has 0 unspecified atom stereocenters. The molecule has 2 heteroatoms. The maximum atomic E-state index is 8.08. The molecule has 3 aliphatic carbocycles. The van der Waals surface area contributed by atoms with Crippen LogP contribution in [0.3, 0.4) is 0 Å². The second-order valence-corrected chi connectivity index (χ2v) is 9.56. The van der Waals surface area contributed by atoms with Gasteiger partial charge in [0.05, 0.1) is 0 Å². The van der Waals surface area contributed by atoms with Crippen molar-refractivity contribution >= 4 is 0 Å². The van der Waals surface area contributed by atoms with Crippen molar-refractivity contribution in [3.63, 3.8) is 0 Å². The maximum Gasteiger partial charge on any atom is 0.239 e. The minimum Gasteiger partial charge on any atom is -0.311 e. The van der Waals surface area contributed by atoms with Crippen LogP contribution in [-0.2, 0) is 0 Å². The summed E-state index contributed by atoms with van der Waals surface area (Å²) in [5.41, 5.74) is 0.927. The van der Waals surface area contributed by atoms with Crippen LogP contribution in [0.2, 0.25) is 0 Å². The number of rotatable bonds is 2. The van der Waals surface area contributed by atoms with Gasteiger partial charge in [-0.3, -0.25) is 0 Å². The Labute approximate surface area is 148 Å². The zero-order valence-corrected chi connectivity index (χ0v) is 15.8. The first-order valence-electron chi connectivity index (χ1n) is 9.70. The van der Waals surface area contributed by atoms with Crippen LogP contribution < -0.4 is 0 Å². The number of hydrogen-bond donors (Lipinski definition) is 0. The molecule has 0 bridgehead atoms. The fraction of sp³-hybridized carbons (Fsp3) is 0.818. The van der Waals surface area contributed by atoms with E-state index in [1.807, 2.05) is 0 Å². The second kappa shape index (κ2) is 5.91. The summed E-state index contributed by atoms with van der Waals surface area (Å²) in [6.07, 6.45) is 6.70. The molecule has 0 spiro atoms. The normalized spacial score (nSPS) is 45.0. The fourth-order valence-corrected chi connectivity index (χ4v) is 6.55. The predicted molar refractivity (Wildman–Crippen MR) is 99.1 cm³/mol. The molecular formula is C22H32N2. The molecule has 3 rings (SSSR count). The van der Waals surface area contributed by atoms with Crippen molar-refractivity contribution in [3.8, 4) is 0 Å². The van der Waals surface area contributed by atoms with Crippen molar-refractivity contribution < 1.29 is 0 Å². The number of hydrogen-bond acceptors (Lipinski definition) is 0. The molecule has 0 N–H and O–H groups in total. The van der Waals surface area contributed by atoms with E-state index >= 15 is 0 Å². The van der Waals surface area contributed by atoms with Crippen LogP contribution in [0, 0.1) is 48.7 Å². The molecule has 3 fully saturated rings. The molecule has 0 amide bonds. The van der Waals surface area contributed by atoms with Crippen LogP contribution in [0.25, 0.3) is 9.69 Å². The Bertz CT molecular complexity index is 604. The van der Waals surface area contributed by atoms with E-state index in [1.165, 1.54) is 24.8 Å². The highest BCUT2D eigenvalue weighted by Crippen LogP contribution is 2.63. The van der Waals surface area contributed by atoms with Crippen molar-refractivity contribution in [1.82, 2.24) is 0 Å². The van der Waals surface area contributed by atoms with Gasteiger partial charge in [0.25, 0.3) is 0 Å². The topological polar surface area (TPSA) is 8.72 Å². The highest BCUT2D eigenvalue weighted by molar-refractivity contribution is 5.25. The van der Waals surface area contributed by atoms with E-state index in [0.29, 0.717) is 35.5 Å². The Kier molecular flexibility index (Phi) is 4.32. The summed E-state index contributed by atoms with van der Waals surface area (Å²) in [7, 11) is 0. The lowest BCUT2D eigenvalue weighted by Gasteiger charge is -2.57. The Hall–Kier alpha value is -1.28. The molecule has 0 heterocycles. The van der Waals surface area contributed by atoms with E-state index in [1.54, 1.807) is 0 Å². The molecule has 130 valence electrons. The van der Waals surface area contributed by atoms with E-state index in [0.717, 1.165) is 19.3 Å². The van der Waals surface area contributed by atoms with Crippen LogP contribution >= 0.6 is 0 Å². The van der Waals surface area contributed by atoms with Crippen molar-refractivity contribution in [1.29, 1.82) is 0 Å². The van der Waals surface area contributed by atoms with Gasteiger partial charge in [-0.25, -0.2) is 13.1 Å². The Morgan fingerprint density at radius 2 is 1.96 bits per heavy atom. The zero-order chi connectivity index (χ0) is 17.7. The van der Waals surface area contributed by atoms with Crippen molar-refractivity contribution in [3.05, 3.63) is 35.0 Å². The highest BCUT2D eigenvalue weighted by Gasteiger charge is 2.64. The SMILES string of the molecule is [C-]#[N+]C(C)(C)C[C@@H]1C[C@H](C)[C@H]2CC[C@H](C)[C@@]3([N+]#[C-])CCC(=C)[C@@H]1[C@H]23. The van der Waals surface area contributed by atoms with Gasteiger partial charge in [0.2, 0.25) is 11.1 Å². The minimum atomic E-state index is -0.296. The number of nitrogens with zero attached hydrogens (tertiary/aromatic N) is 2. The molecule has 0 aromatic heterocycles. The Morgan fingerprint density at radius 3 is 2.58 bits per heavy atom. The fourth-order valence-electron chi connectivity index (χ4n) is 6.55. The van der Waals surface area contributed by atoms with Crippen LogP contribution in [0.4, 0.5) is 0 Å². The van der Waals surface area contributed by atoms with Gasteiger partial charge in [0, 0.05) is 38.5 Å². The van der Waals surface area contributed by atoms with Crippen molar-refractivity contribution in [2.24, 2.45) is 35.5 Å². The van der Waals surface area contributed by atoms with Crippen LogP contribution in [0.5, 0.6) is 0 Å². The van der Waals surface area contributed by atoms with E-state index in [2.05, 4.69) is 44.0 Å². The monoisotopic (exact) mass is 324 g/mol. The van der Waals surface area contributed by atoms with E-state index < -0.39 is 0 Å². The van der Waals surface area contributed by atoms with Gasteiger partial charge in [-0.15, -0.1) is 0 Å². The lowest BCUT2D eigenvalue weighted by atomic mass is 9.45. The number of allylic oxidation sites excluding steroid dienone is 1. The predicted octanol–water partition coefficient (Wildman–Crippen LogP) is 6.02. The maximum absolute atomic E-state index is 8.08. The van der Waals surface area contributed by atoms with E-state index in [4.69, 9.17) is 13.1 Å². The lowest BCUT2D eigenvalue weighted by molar-refractivity contribution is -0.0537. The minimum absolute atomic E-state index is 0.163. The third-order valence-electron chi connectivity index (χ3n) is 7.72. The first kappa shape index (κ1) is 17.5. The quantitative estimate of drug-likeness (QED) is 0.434. The van der Waals surface area contributed by atoms with Gasteiger partial charge >= 0.3 is 0 Å². The molecule has 0 aliphatic heterocycles. The van der Waals surface area contributed by atoms with Crippen molar-refractivity contribution in [2.75, 3.05) is 0 Å². The van der Waals surface area contributed by atoms with Crippen LogP contribution in [-0.4, -0.2) is 11.1 Å². The average molecular weight is 325 g/mol. The molecule has 2 nitrogen and oxygen atoms in total. The molecule has 3 saturated carbocycles. The molecule has 0 aromatic rings. The first-order valence-corrected chi connectivity index (χ1v) is 9.70. The smallest absolute Gasteiger partial charge is 0.239 e. The summed E-state index contributed by atoms with van der Waals surface area (Å²) in [5, 5.41) is 0. The Balaban J connectivity index is 2.03. The molecule has 7 atom stereocenters. The lowest BCUT2D eigenvalue weighted by Crippen LogP contribution is -2.59. The molecule has 0 radical (unpaired) electrons. The summed E-state index contributed by atoms with van der Waals surface area (Å²) >= 11 is 0. The van der Waals surface area contributed by atoms with Gasteiger partial charge < -0.3 is 9.69 Å². The molecule has 0 aromatic carbocycles. The summed E-state index contributed by atoms with van der Waals surface area (Å²) in [6, 6.07) is 0. The van der Waals surface area contributed by atoms with Gasteiger partial charge in [-0.1, -0.05) is 26.0 Å². The highest BCUT2D eigenvalue weighted by atomic mass is 14.9. The van der Waals surface area contributed by atoms with Crippen molar-refractivity contribution in [2.45, 2.75) is 77.3 Å². The van der Waals surface area contributed by atoms with E-state index in [-0.39, 0.29) is 11.1 Å². The first-order chi connectivity index (χ1) is 11.3. The van der Waals surface area contributed by atoms with Gasteiger partial charge in [0.15, 0.2) is 0 Å². The molecule has 0 saturated heterocycles. The average Bonchev–Trinajstić information content (AvgIpc) is 2.54. The van der Waals surface area contributed by atoms with Gasteiger partial charge in [-0.2, -0.15) is 0 Å². The van der Waals surface area contributed by atoms with Crippen LogP contribution in [0.15, 0.2) is 12.2 Å². The zero-order valence-electron chi connectivity index (χ0n) is 15.8. The summed E-state index contributed by atoms with van der Waals surface area (Å²) in [5.74, 6) is 3.35. The van der Waals surface area contributed by atoms with Gasteiger partial charge in [-0.05, 0) is 49.4 Å². The summed E-state index contributed by atoms with van der Waals surface area (Å²) < 4.78 is 0. The van der Waals surface area contributed by atoms with E-state index in [9.17, 15) is 0 Å². The third-order valence-corrected chi connectivity index (χ3v) is 7.72. The Morgan fingerprint density at radius 1 is 1.25 bits per heavy atom. The third kappa shape index (κ3) is 2.50. The second-order valence-electron chi connectivity index (χ2n) is 9.56. The standard InChI is InChI=1S/C22H32N2/c1-14-10-11-22(24-7)16(3)8-9-18-15(2)12-17(19(14)20(18)22)13-21(4,5)23-6/h15-20H,1,8-13H2,2-5H3/t15-,16-,17-,18+,19-,20-,22-/m0/s1. The molecule has 3 aliphatic rings. The molecule has 24 heavy (non-hydrogen) atoms.